The van der Waals surface area contributed by atoms with Crippen LogP contribution in [-0.4, -0.2) is 42.3 Å². The maximum Gasteiger partial charge on any atom is 0.407 e. The number of fused-ring (bicyclic) bond motifs is 3. The molecule has 7 nitrogen and oxygen atoms in total. The van der Waals surface area contributed by atoms with Gasteiger partial charge in [0.15, 0.2) is 0 Å². The summed E-state index contributed by atoms with van der Waals surface area (Å²) in [6, 6.07) is 14.7. The maximum absolute atomic E-state index is 12.4. The van der Waals surface area contributed by atoms with E-state index in [2.05, 4.69) is 10.6 Å². The van der Waals surface area contributed by atoms with Crippen molar-refractivity contribution in [2.75, 3.05) is 13.2 Å². The van der Waals surface area contributed by atoms with Gasteiger partial charge in [-0.05, 0) is 35.1 Å². The summed E-state index contributed by atoms with van der Waals surface area (Å²) in [6.45, 7) is -0.0739. The molecule has 1 atom stereocenters. The summed E-state index contributed by atoms with van der Waals surface area (Å²) in [5.74, 6) is -1.55. The van der Waals surface area contributed by atoms with Gasteiger partial charge in [0.2, 0.25) is 5.91 Å². The Morgan fingerprint density at radius 3 is 2.12 bits per heavy atom. The number of benzene rings is 2. The molecule has 0 saturated heterocycles. The molecular formula is C25H28N2O5. The van der Waals surface area contributed by atoms with E-state index in [1.807, 2.05) is 48.5 Å². The van der Waals surface area contributed by atoms with Crippen LogP contribution in [0.25, 0.3) is 11.1 Å². The fraction of sp³-hybridized carbons (Fsp3) is 0.400. The summed E-state index contributed by atoms with van der Waals surface area (Å²) in [6.07, 6.45) is 3.99. The third-order valence-corrected chi connectivity index (χ3v) is 6.39. The lowest BCUT2D eigenvalue weighted by atomic mass is 9.88. The van der Waals surface area contributed by atoms with Crippen molar-refractivity contribution in [1.29, 1.82) is 0 Å². The molecule has 168 valence electrons. The van der Waals surface area contributed by atoms with Crippen LogP contribution in [0.5, 0.6) is 0 Å². The number of carbonyl (C=O) groups is 3. The summed E-state index contributed by atoms with van der Waals surface area (Å²) >= 11 is 0. The molecular weight excluding hydrogens is 408 g/mol. The quantitative estimate of drug-likeness (QED) is 0.614. The van der Waals surface area contributed by atoms with Crippen molar-refractivity contribution in [2.24, 2.45) is 5.92 Å². The van der Waals surface area contributed by atoms with E-state index in [4.69, 9.17) is 4.74 Å². The highest BCUT2D eigenvalue weighted by Crippen LogP contribution is 2.44. The largest absolute Gasteiger partial charge is 0.480 e. The number of nitrogens with one attached hydrogen (secondary N) is 2. The zero-order valence-electron chi connectivity index (χ0n) is 17.9. The van der Waals surface area contributed by atoms with Crippen LogP contribution in [0.1, 0.15) is 49.1 Å². The van der Waals surface area contributed by atoms with Crippen LogP contribution in [0.2, 0.25) is 0 Å². The zero-order chi connectivity index (χ0) is 22.5. The third kappa shape index (κ3) is 4.77. The molecule has 0 spiro atoms. The van der Waals surface area contributed by atoms with Crippen molar-refractivity contribution in [3.8, 4) is 11.1 Å². The van der Waals surface area contributed by atoms with Crippen LogP contribution in [0.4, 0.5) is 4.79 Å². The number of rotatable bonds is 7. The van der Waals surface area contributed by atoms with E-state index in [-0.39, 0.29) is 30.9 Å². The minimum absolute atomic E-state index is 0.0763. The molecule has 0 aliphatic heterocycles. The third-order valence-electron chi connectivity index (χ3n) is 6.39. The van der Waals surface area contributed by atoms with E-state index < -0.39 is 18.1 Å². The number of amides is 2. The van der Waals surface area contributed by atoms with Crippen LogP contribution in [0.15, 0.2) is 48.5 Å². The van der Waals surface area contributed by atoms with E-state index >= 15 is 0 Å². The molecule has 1 saturated carbocycles. The average Bonchev–Trinajstić information content (AvgIpc) is 3.14. The Morgan fingerprint density at radius 2 is 1.53 bits per heavy atom. The predicted molar refractivity (Wildman–Crippen MR) is 119 cm³/mol. The molecule has 1 fully saturated rings. The maximum atomic E-state index is 12.4. The van der Waals surface area contributed by atoms with Gasteiger partial charge < -0.3 is 20.5 Å². The Balaban J connectivity index is 1.33. The number of hydrogen-bond donors (Lipinski definition) is 3. The van der Waals surface area contributed by atoms with Gasteiger partial charge in [0.1, 0.15) is 12.6 Å². The molecule has 2 aliphatic carbocycles. The van der Waals surface area contributed by atoms with E-state index in [1.165, 1.54) is 0 Å². The molecule has 0 bridgehead atoms. The molecule has 1 unspecified atom stereocenters. The second-order valence-electron chi connectivity index (χ2n) is 8.44. The standard InChI is InChI=1S/C25H28N2O5/c28-23(16-8-2-1-3-9-16)26-14-22(24(29)30)27-25(31)32-15-21-19-12-6-4-10-17(19)18-11-5-7-13-20(18)21/h4-7,10-13,16,21-22H,1-3,8-9,14-15H2,(H,26,28)(H,27,31)(H,29,30). The molecule has 7 heteroatoms. The second-order valence-corrected chi connectivity index (χ2v) is 8.44. The zero-order valence-corrected chi connectivity index (χ0v) is 17.9. The van der Waals surface area contributed by atoms with E-state index in [1.54, 1.807) is 0 Å². The fourth-order valence-corrected chi connectivity index (χ4v) is 4.69. The first kappa shape index (κ1) is 21.9. The lowest BCUT2D eigenvalue weighted by Gasteiger charge is -2.22. The molecule has 0 aromatic heterocycles. The Bertz CT molecular complexity index is 954. The van der Waals surface area contributed by atoms with Crippen molar-refractivity contribution in [3.63, 3.8) is 0 Å². The number of hydrogen-bond acceptors (Lipinski definition) is 4. The number of carboxylic acid groups (broad SMARTS) is 1. The lowest BCUT2D eigenvalue weighted by molar-refractivity contribution is -0.139. The number of aliphatic carboxylic acids is 1. The monoisotopic (exact) mass is 436 g/mol. The van der Waals surface area contributed by atoms with Crippen molar-refractivity contribution in [1.82, 2.24) is 10.6 Å². The molecule has 0 radical (unpaired) electrons. The summed E-state index contributed by atoms with van der Waals surface area (Å²) < 4.78 is 5.42. The fourth-order valence-electron chi connectivity index (χ4n) is 4.69. The van der Waals surface area contributed by atoms with Crippen LogP contribution in [-0.2, 0) is 14.3 Å². The highest BCUT2D eigenvalue weighted by molar-refractivity contribution is 5.83. The molecule has 2 aromatic rings. The van der Waals surface area contributed by atoms with Gasteiger partial charge in [0, 0.05) is 18.4 Å². The first-order chi connectivity index (χ1) is 15.5. The van der Waals surface area contributed by atoms with Crippen LogP contribution in [0, 0.1) is 5.92 Å². The summed E-state index contributed by atoms with van der Waals surface area (Å²) in [5.41, 5.74) is 4.39. The van der Waals surface area contributed by atoms with Crippen molar-refractivity contribution in [2.45, 2.75) is 44.1 Å². The first-order valence-electron chi connectivity index (χ1n) is 11.2. The molecule has 2 aliphatic rings. The van der Waals surface area contributed by atoms with E-state index in [0.29, 0.717) is 0 Å². The Morgan fingerprint density at radius 1 is 0.938 bits per heavy atom. The van der Waals surface area contributed by atoms with Gasteiger partial charge in [0.25, 0.3) is 0 Å². The van der Waals surface area contributed by atoms with Gasteiger partial charge in [0.05, 0.1) is 0 Å². The average molecular weight is 437 g/mol. The minimum atomic E-state index is -1.25. The SMILES string of the molecule is O=C(NC(CNC(=O)C1CCCCC1)C(=O)O)OCC1c2ccccc2-c2ccccc21. The Kier molecular flexibility index (Phi) is 6.73. The number of carbonyl (C=O) groups excluding carboxylic acids is 2. The Hall–Kier alpha value is -3.35. The molecule has 2 aromatic carbocycles. The van der Waals surface area contributed by atoms with Gasteiger partial charge in [-0.1, -0.05) is 67.8 Å². The number of carboxylic acids is 1. The number of alkyl carbamates (subject to hydrolysis) is 1. The predicted octanol–water partition coefficient (Wildman–Crippen LogP) is 3.67. The van der Waals surface area contributed by atoms with Gasteiger partial charge in [-0.25, -0.2) is 9.59 Å². The molecule has 32 heavy (non-hydrogen) atoms. The smallest absolute Gasteiger partial charge is 0.407 e. The lowest BCUT2D eigenvalue weighted by Crippen LogP contribution is -2.49. The van der Waals surface area contributed by atoms with Crippen molar-refractivity contribution >= 4 is 18.0 Å². The normalized spacial score (nSPS) is 16.5. The highest BCUT2D eigenvalue weighted by atomic mass is 16.5. The van der Waals surface area contributed by atoms with Crippen molar-refractivity contribution < 1.29 is 24.2 Å². The van der Waals surface area contributed by atoms with Gasteiger partial charge in [-0.2, -0.15) is 0 Å². The van der Waals surface area contributed by atoms with Gasteiger partial charge in [-0.3, -0.25) is 4.79 Å². The molecule has 3 N–H and O–H groups in total. The van der Waals surface area contributed by atoms with Crippen LogP contribution >= 0.6 is 0 Å². The summed E-state index contributed by atoms with van der Waals surface area (Å²) in [7, 11) is 0. The highest BCUT2D eigenvalue weighted by Gasteiger charge is 2.30. The summed E-state index contributed by atoms with van der Waals surface area (Å²) in [4.78, 5) is 36.3. The summed E-state index contributed by atoms with van der Waals surface area (Å²) in [5, 5.41) is 14.5. The van der Waals surface area contributed by atoms with E-state index in [0.717, 1.165) is 54.4 Å². The Labute approximate surface area is 187 Å². The second kappa shape index (κ2) is 9.85. The van der Waals surface area contributed by atoms with E-state index in [9.17, 15) is 19.5 Å². The first-order valence-corrected chi connectivity index (χ1v) is 11.2. The van der Waals surface area contributed by atoms with Crippen LogP contribution in [0.3, 0.4) is 0 Å². The topological polar surface area (TPSA) is 105 Å². The van der Waals surface area contributed by atoms with Crippen LogP contribution < -0.4 is 10.6 Å². The van der Waals surface area contributed by atoms with Gasteiger partial charge >= 0.3 is 12.1 Å². The minimum Gasteiger partial charge on any atom is -0.480 e. The van der Waals surface area contributed by atoms with Gasteiger partial charge in [-0.15, -0.1) is 0 Å². The van der Waals surface area contributed by atoms with Crippen molar-refractivity contribution in [3.05, 3.63) is 59.7 Å². The number of ether oxygens (including phenoxy) is 1. The molecule has 0 heterocycles. The molecule has 4 rings (SSSR count). The molecule has 2 amide bonds.